The van der Waals surface area contributed by atoms with E-state index in [4.69, 9.17) is 9.97 Å². The van der Waals surface area contributed by atoms with Crippen LogP contribution in [0.1, 0.15) is 56.3 Å². The van der Waals surface area contributed by atoms with E-state index in [0.717, 1.165) is 42.4 Å². The highest BCUT2D eigenvalue weighted by atomic mass is 16.2. The molecule has 1 saturated carbocycles. The number of aromatic nitrogens is 2. The highest BCUT2D eigenvalue weighted by Crippen LogP contribution is 2.28. The second kappa shape index (κ2) is 12.0. The van der Waals surface area contributed by atoms with Gasteiger partial charge in [0.05, 0.1) is 5.52 Å². The first-order chi connectivity index (χ1) is 17.8. The Kier molecular flexibility index (Phi) is 8.58. The molecule has 1 aliphatic carbocycles. The van der Waals surface area contributed by atoms with Gasteiger partial charge in [0.15, 0.2) is 0 Å². The largest absolute Gasteiger partial charge is 0.362 e. The molecule has 2 aromatic carbocycles. The maximum Gasteiger partial charge on any atom is 0.251 e. The normalized spacial score (nSPS) is 17.4. The second-order valence-corrected chi connectivity index (χ2v) is 10.6. The summed E-state index contributed by atoms with van der Waals surface area (Å²) >= 11 is 0. The predicted molar refractivity (Wildman–Crippen MR) is 150 cm³/mol. The Balaban J connectivity index is 1.27. The monoisotopic (exact) mass is 502 g/mol. The average Bonchev–Trinajstić information content (AvgIpc) is 2.87. The van der Waals surface area contributed by atoms with Gasteiger partial charge < -0.3 is 20.9 Å². The summed E-state index contributed by atoms with van der Waals surface area (Å²) < 4.78 is 0. The predicted octanol–water partition coefficient (Wildman–Crippen LogP) is 5.08. The molecule has 196 valence electrons. The number of nitrogens with one attached hydrogen (secondary N) is 3. The van der Waals surface area contributed by atoms with Gasteiger partial charge in [-0.25, -0.2) is 4.98 Å². The molecule has 0 bridgehead atoms. The highest BCUT2D eigenvalue weighted by molar-refractivity contribution is 5.97. The number of rotatable bonds is 9. The number of anilines is 3. The number of hydrogen-bond donors (Lipinski definition) is 3. The summed E-state index contributed by atoms with van der Waals surface area (Å²) in [5, 5.41) is 10.5. The smallest absolute Gasteiger partial charge is 0.251 e. The minimum Gasteiger partial charge on any atom is -0.362 e. The average molecular weight is 503 g/mol. The van der Waals surface area contributed by atoms with Crippen LogP contribution in [-0.2, 0) is 4.79 Å². The number of carbonyl (C=O) groups excluding carboxylic acids is 2. The molecule has 4 rings (SSSR count). The van der Waals surface area contributed by atoms with Crippen LogP contribution in [0, 0.1) is 11.8 Å². The number of fused-ring (bicyclic) bond motifs is 1. The van der Waals surface area contributed by atoms with E-state index >= 15 is 0 Å². The number of para-hydroxylation sites is 1. The summed E-state index contributed by atoms with van der Waals surface area (Å²) in [5.41, 5.74) is 2.14. The van der Waals surface area contributed by atoms with Gasteiger partial charge in [-0.1, -0.05) is 32.0 Å². The van der Waals surface area contributed by atoms with Gasteiger partial charge in [-0.2, -0.15) is 4.98 Å². The molecule has 2 amide bonds. The molecule has 3 N–H and O–H groups in total. The fourth-order valence-corrected chi connectivity index (χ4v) is 4.82. The molecular weight excluding hydrogens is 464 g/mol. The van der Waals surface area contributed by atoms with Crippen LogP contribution in [0.2, 0.25) is 0 Å². The van der Waals surface area contributed by atoms with Crippen LogP contribution in [0.3, 0.4) is 0 Å². The van der Waals surface area contributed by atoms with E-state index in [1.54, 1.807) is 18.2 Å². The quantitative estimate of drug-likeness (QED) is 0.377. The first-order valence-electron chi connectivity index (χ1n) is 13.2. The van der Waals surface area contributed by atoms with E-state index in [2.05, 4.69) is 16.0 Å². The molecule has 0 unspecified atom stereocenters. The minimum atomic E-state index is -0.110. The van der Waals surface area contributed by atoms with Crippen LogP contribution in [0.4, 0.5) is 17.5 Å². The van der Waals surface area contributed by atoms with Crippen molar-refractivity contribution in [3.63, 3.8) is 0 Å². The molecule has 37 heavy (non-hydrogen) atoms. The Hall–Kier alpha value is -3.68. The van der Waals surface area contributed by atoms with Crippen molar-refractivity contribution in [1.29, 1.82) is 0 Å². The van der Waals surface area contributed by atoms with Crippen LogP contribution in [0.5, 0.6) is 0 Å². The van der Waals surface area contributed by atoms with E-state index in [9.17, 15) is 9.59 Å². The van der Waals surface area contributed by atoms with E-state index < -0.39 is 0 Å². The molecule has 1 fully saturated rings. The molecule has 1 heterocycles. The molecular formula is C29H38N6O2. The van der Waals surface area contributed by atoms with Gasteiger partial charge in [-0.3, -0.25) is 9.59 Å². The van der Waals surface area contributed by atoms with Crippen molar-refractivity contribution in [3.8, 4) is 0 Å². The number of carbonyl (C=O) groups is 2. The molecule has 0 saturated heterocycles. The lowest BCUT2D eigenvalue weighted by Gasteiger charge is -2.29. The number of nitrogens with zero attached hydrogens (tertiary/aromatic N) is 3. The number of amides is 2. The lowest BCUT2D eigenvalue weighted by Crippen LogP contribution is -2.34. The molecule has 8 heteroatoms. The van der Waals surface area contributed by atoms with Crippen molar-refractivity contribution in [3.05, 3.63) is 54.1 Å². The van der Waals surface area contributed by atoms with Gasteiger partial charge in [-0.05, 0) is 67.9 Å². The Morgan fingerprint density at radius 2 is 1.76 bits per heavy atom. The molecule has 0 aliphatic heterocycles. The third-order valence-electron chi connectivity index (χ3n) is 6.74. The van der Waals surface area contributed by atoms with Crippen molar-refractivity contribution < 1.29 is 9.59 Å². The van der Waals surface area contributed by atoms with Crippen molar-refractivity contribution in [2.45, 2.75) is 52.0 Å². The third kappa shape index (κ3) is 7.18. The Labute approximate surface area is 219 Å². The van der Waals surface area contributed by atoms with Gasteiger partial charge in [-0.15, -0.1) is 0 Å². The van der Waals surface area contributed by atoms with Gasteiger partial charge >= 0.3 is 0 Å². The summed E-state index contributed by atoms with van der Waals surface area (Å²) in [4.78, 5) is 36.3. The van der Waals surface area contributed by atoms with E-state index in [1.165, 1.54) is 0 Å². The Bertz CT molecular complexity index is 1230. The maximum atomic E-state index is 12.7. The maximum absolute atomic E-state index is 12.7. The second-order valence-electron chi connectivity index (χ2n) is 10.6. The molecule has 0 spiro atoms. The molecule has 3 aromatic rings. The topological polar surface area (TPSA) is 99.2 Å². The summed E-state index contributed by atoms with van der Waals surface area (Å²) in [6, 6.07) is 15.5. The van der Waals surface area contributed by atoms with Crippen molar-refractivity contribution in [1.82, 2.24) is 15.3 Å². The molecule has 8 nitrogen and oxygen atoms in total. The zero-order valence-electron chi connectivity index (χ0n) is 22.3. The molecule has 1 aliphatic rings. The van der Waals surface area contributed by atoms with Crippen molar-refractivity contribution >= 4 is 40.2 Å². The molecule has 0 atom stereocenters. The SMILES string of the molecule is CC(C)CC(=O)Nc1cccc(C(=O)NCC2CCC(Nc3nc(N(C)C)c4ccccc4n3)CC2)c1. The number of benzene rings is 2. The molecule has 1 aromatic heterocycles. The summed E-state index contributed by atoms with van der Waals surface area (Å²) in [6.07, 6.45) is 4.52. The van der Waals surface area contributed by atoms with Crippen LogP contribution < -0.4 is 20.9 Å². The molecule has 0 radical (unpaired) electrons. The third-order valence-corrected chi connectivity index (χ3v) is 6.74. The van der Waals surface area contributed by atoms with Gasteiger partial charge in [0.2, 0.25) is 11.9 Å². The number of hydrogen-bond acceptors (Lipinski definition) is 6. The van der Waals surface area contributed by atoms with Crippen molar-refractivity contribution in [2.24, 2.45) is 11.8 Å². The minimum absolute atomic E-state index is 0.0371. The van der Waals surface area contributed by atoms with Gasteiger partial charge in [0.1, 0.15) is 5.82 Å². The first kappa shape index (κ1) is 26.4. The lowest BCUT2D eigenvalue weighted by atomic mass is 9.86. The highest BCUT2D eigenvalue weighted by Gasteiger charge is 2.23. The van der Waals surface area contributed by atoms with Gasteiger partial charge in [0.25, 0.3) is 5.91 Å². The van der Waals surface area contributed by atoms with E-state index in [0.29, 0.717) is 42.1 Å². The Morgan fingerprint density at radius 3 is 2.49 bits per heavy atom. The zero-order chi connectivity index (χ0) is 26.4. The van der Waals surface area contributed by atoms with Crippen LogP contribution in [0.15, 0.2) is 48.5 Å². The van der Waals surface area contributed by atoms with E-state index in [-0.39, 0.29) is 17.7 Å². The summed E-state index contributed by atoms with van der Waals surface area (Å²) in [6.45, 7) is 4.66. The van der Waals surface area contributed by atoms with Crippen molar-refractivity contribution in [2.75, 3.05) is 36.2 Å². The van der Waals surface area contributed by atoms with Crippen LogP contribution in [-0.4, -0.2) is 48.5 Å². The fraction of sp³-hybridized carbons (Fsp3) is 0.448. The first-order valence-corrected chi connectivity index (χ1v) is 13.2. The summed E-state index contributed by atoms with van der Waals surface area (Å²) in [7, 11) is 3.99. The summed E-state index contributed by atoms with van der Waals surface area (Å²) in [5.74, 6) is 2.15. The lowest BCUT2D eigenvalue weighted by molar-refractivity contribution is -0.116. The Morgan fingerprint density at radius 1 is 1.00 bits per heavy atom. The standard InChI is InChI=1S/C29H38N6O2/c1-19(2)16-26(36)31-23-9-7-8-21(17-23)28(37)30-18-20-12-14-22(15-13-20)32-29-33-25-11-6-5-10-24(25)27(34-29)35(3)4/h5-11,17,19-20,22H,12-16,18H2,1-4H3,(H,30,37)(H,31,36)(H,32,33,34). The van der Waals surface area contributed by atoms with Crippen LogP contribution in [0.25, 0.3) is 10.9 Å². The van der Waals surface area contributed by atoms with E-state index in [1.807, 2.05) is 63.2 Å². The van der Waals surface area contributed by atoms with Crippen LogP contribution >= 0.6 is 0 Å². The fourth-order valence-electron chi connectivity index (χ4n) is 4.82. The zero-order valence-corrected chi connectivity index (χ0v) is 22.3. The van der Waals surface area contributed by atoms with Gasteiger partial charge in [0, 0.05) is 49.7 Å².